The quantitative estimate of drug-likeness (QED) is 0.199. The Morgan fingerprint density at radius 2 is 1.79 bits per heavy atom. The summed E-state index contributed by atoms with van der Waals surface area (Å²) in [5, 5.41) is 4.26. The summed E-state index contributed by atoms with van der Waals surface area (Å²) in [6.07, 6.45) is 1.03. The van der Waals surface area contributed by atoms with Crippen molar-refractivity contribution >= 4 is 32.6 Å². The highest BCUT2D eigenvalue weighted by Crippen LogP contribution is 2.44. The minimum Gasteiger partial charge on any atom is -0.310 e. The molecule has 0 bridgehead atoms. The molecule has 0 saturated heterocycles. The van der Waals surface area contributed by atoms with E-state index in [9.17, 15) is 35.2 Å². The van der Waals surface area contributed by atoms with Crippen molar-refractivity contribution in [1.82, 2.24) is 33.9 Å². The standard InChI is InChI=1S/C26H17ClF5N7O3S/c1-4-14-6-7-16(11-17(14)27)38-13-34-39(24(38)40)20-9-8-19(43(41,42)5-2)21(36-20)23-35-18-10-15(12-33-22(18)37(23)3)25(28,29)26(30,31)32/h1,6-13H,5H2,2-3H3. The van der Waals surface area contributed by atoms with Crippen molar-refractivity contribution in [3.05, 3.63) is 75.6 Å². The molecule has 10 nitrogen and oxygen atoms in total. The van der Waals surface area contributed by atoms with Crippen LogP contribution >= 0.6 is 11.6 Å². The van der Waals surface area contributed by atoms with Crippen molar-refractivity contribution < 1.29 is 30.4 Å². The fourth-order valence-electron chi connectivity index (χ4n) is 4.15. The van der Waals surface area contributed by atoms with Crippen LogP contribution in [0.15, 0.2) is 58.6 Å². The van der Waals surface area contributed by atoms with E-state index in [4.69, 9.17) is 18.0 Å². The van der Waals surface area contributed by atoms with Crippen molar-refractivity contribution in [2.45, 2.75) is 23.9 Å². The van der Waals surface area contributed by atoms with Crippen molar-refractivity contribution in [3.8, 4) is 35.4 Å². The SMILES string of the molecule is C#Cc1ccc(-n2cnn(-c3ccc(S(=O)(=O)CC)c(-c4nc5cc(C(F)(F)C(F)(F)F)cnc5n4C)n3)c2=O)cc1Cl. The number of aromatic nitrogens is 7. The first-order valence-electron chi connectivity index (χ1n) is 12.1. The first-order chi connectivity index (χ1) is 20.1. The second kappa shape index (κ2) is 10.3. The number of nitrogens with zero attached hydrogens (tertiary/aromatic N) is 7. The topological polar surface area (TPSA) is 118 Å². The Hall–Kier alpha value is -4.62. The molecule has 222 valence electrons. The average Bonchev–Trinajstić information content (AvgIpc) is 3.51. The summed E-state index contributed by atoms with van der Waals surface area (Å²) in [5.74, 6) is -3.56. The van der Waals surface area contributed by atoms with Gasteiger partial charge in [0.15, 0.2) is 27.1 Å². The summed E-state index contributed by atoms with van der Waals surface area (Å²) in [5.41, 5.74) is -2.27. The highest BCUT2D eigenvalue weighted by atomic mass is 35.5. The number of aryl methyl sites for hydroxylation is 1. The molecule has 43 heavy (non-hydrogen) atoms. The summed E-state index contributed by atoms with van der Waals surface area (Å²) < 4.78 is 96.0. The predicted molar refractivity (Wildman–Crippen MR) is 145 cm³/mol. The minimum atomic E-state index is -5.89. The highest BCUT2D eigenvalue weighted by Gasteiger charge is 2.59. The van der Waals surface area contributed by atoms with E-state index in [-0.39, 0.29) is 44.2 Å². The van der Waals surface area contributed by atoms with Crippen LogP contribution in [0, 0.1) is 12.3 Å². The second-order valence-corrected chi connectivity index (χ2v) is 11.7. The number of sulfone groups is 1. The first-order valence-corrected chi connectivity index (χ1v) is 14.1. The molecule has 0 radical (unpaired) electrons. The molecule has 0 aliphatic rings. The number of hydrogen-bond acceptors (Lipinski definition) is 7. The second-order valence-electron chi connectivity index (χ2n) is 9.06. The Morgan fingerprint density at radius 1 is 1.07 bits per heavy atom. The van der Waals surface area contributed by atoms with Crippen LogP contribution < -0.4 is 5.69 Å². The summed E-state index contributed by atoms with van der Waals surface area (Å²) in [6, 6.07) is 7.41. The number of terminal acetylenes is 1. The fraction of sp³-hybridized carbons (Fsp3) is 0.192. The van der Waals surface area contributed by atoms with Crippen LogP contribution in [-0.2, 0) is 22.8 Å². The fourth-order valence-corrected chi connectivity index (χ4v) is 5.40. The van der Waals surface area contributed by atoms with Crippen molar-refractivity contribution in [1.29, 1.82) is 0 Å². The van der Waals surface area contributed by atoms with Gasteiger partial charge in [-0.3, -0.25) is 0 Å². The maximum atomic E-state index is 14.0. The van der Waals surface area contributed by atoms with Gasteiger partial charge in [0.25, 0.3) is 0 Å². The minimum absolute atomic E-state index is 0.127. The lowest BCUT2D eigenvalue weighted by molar-refractivity contribution is -0.289. The van der Waals surface area contributed by atoms with Crippen molar-refractivity contribution in [3.63, 3.8) is 0 Å². The zero-order valence-electron chi connectivity index (χ0n) is 21.9. The van der Waals surface area contributed by atoms with Crippen molar-refractivity contribution in [2.24, 2.45) is 7.05 Å². The van der Waals surface area contributed by atoms with Gasteiger partial charge in [-0.15, -0.1) is 6.42 Å². The molecule has 17 heteroatoms. The third-order valence-corrected chi connectivity index (χ3v) is 8.54. The van der Waals surface area contributed by atoms with Gasteiger partial charge in [-0.05, 0) is 36.4 Å². The molecule has 4 aromatic heterocycles. The Kier molecular flexibility index (Phi) is 7.14. The van der Waals surface area contributed by atoms with Gasteiger partial charge < -0.3 is 4.57 Å². The van der Waals surface area contributed by atoms with E-state index in [0.29, 0.717) is 23.5 Å². The molecule has 5 aromatic rings. The lowest BCUT2D eigenvalue weighted by atomic mass is 10.1. The van der Waals surface area contributed by atoms with E-state index >= 15 is 0 Å². The van der Waals surface area contributed by atoms with Gasteiger partial charge in [-0.1, -0.05) is 24.4 Å². The largest absolute Gasteiger partial charge is 0.458 e. The molecular weight excluding hydrogens is 621 g/mol. The number of alkyl halides is 5. The van der Waals surface area contributed by atoms with Crippen LogP contribution in [0.3, 0.4) is 0 Å². The van der Waals surface area contributed by atoms with E-state index in [2.05, 4.69) is 26.0 Å². The molecule has 0 atom stereocenters. The average molecular weight is 638 g/mol. The molecule has 0 aliphatic carbocycles. The lowest BCUT2D eigenvalue weighted by Crippen LogP contribution is -2.33. The first kappa shape index (κ1) is 29.9. The predicted octanol–water partition coefficient (Wildman–Crippen LogP) is 4.45. The number of imidazole rings is 1. The number of fused-ring (bicyclic) bond motifs is 1. The van der Waals surface area contributed by atoms with Gasteiger partial charge in [0.05, 0.1) is 26.9 Å². The van der Waals surface area contributed by atoms with Gasteiger partial charge >= 0.3 is 17.8 Å². The van der Waals surface area contributed by atoms with Crippen LogP contribution in [0.25, 0.3) is 34.2 Å². The van der Waals surface area contributed by atoms with E-state index in [1.165, 1.54) is 49.1 Å². The molecule has 4 heterocycles. The van der Waals surface area contributed by atoms with Gasteiger partial charge in [0.2, 0.25) is 0 Å². The molecule has 0 spiro atoms. The zero-order chi connectivity index (χ0) is 31.5. The Bertz CT molecular complexity index is 2130. The number of benzene rings is 1. The molecule has 0 N–H and O–H groups in total. The number of pyridine rings is 2. The molecule has 0 saturated carbocycles. The smallest absolute Gasteiger partial charge is 0.310 e. The summed E-state index contributed by atoms with van der Waals surface area (Å²) in [7, 11) is -2.64. The Labute approximate surface area is 244 Å². The zero-order valence-corrected chi connectivity index (χ0v) is 23.5. The molecular formula is C26H17ClF5N7O3S. The molecule has 0 unspecified atom stereocenters. The third kappa shape index (κ3) is 4.93. The van der Waals surface area contributed by atoms with Crippen LogP contribution in [0.2, 0.25) is 5.02 Å². The Balaban J connectivity index is 1.69. The molecule has 5 rings (SSSR count). The van der Waals surface area contributed by atoms with Gasteiger partial charge in [0, 0.05) is 18.8 Å². The van der Waals surface area contributed by atoms with Crippen LogP contribution in [-0.4, -0.2) is 54.2 Å². The van der Waals surface area contributed by atoms with Crippen LogP contribution in [0.5, 0.6) is 0 Å². The summed E-state index contributed by atoms with van der Waals surface area (Å²) >= 11 is 6.16. The maximum Gasteiger partial charge on any atom is 0.458 e. The molecule has 0 aliphatic heterocycles. The maximum absolute atomic E-state index is 14.0. The normalized spacial score (nSPS) is 12.5. The Morgan fingerprint density at radius 3 is 2.42 bits per heavy atom. The van der Waals surface area contributed by atoms with E-state index in [0.717, 1.165) is 15.3 Å². The van der Waals surface area contributed by atoms with E-state index in [1.807, 2.05) is 0 Å². The molecule has 0 fully saturated rings. The van der Waals surface area contributed by atoms with Gasteiger partial charge in [-0.2, -0.15) is 31.7 Å². The van der Waals surface area contributed by atoms with Crippen LogP contribution in [0.4, 0.5) is 22.0 Å². The third-order valence-electron chi connectivity index (χ3n) is 6.47. The lowest BCUT2D eigenvalue weighted by Gasteiger charge is -2.19. The summed E-state index contributed by atoms with van der Waals surface area (Å²) in [4.78, 5) is 25.1. The van der Waals surface area contributed by atoms with Gasteiger partial charge in [0.1, 0.15) is 17.5 Å². The van der Waals surface area contributed by atoms with Crippen molar-refractivity contribution in [2.75, 3.05) is 5.75 Å². The van der Waals surface area contributed by atoms with Crippen LogP contribution in [0.1, 0.15) is 18.1 Å². The number of rotatable bonds is 6. The van der Waals surface area contributed by atoms with E-state index < -0.39 is 33.2 Å². The highest BCUT2D eigenvalue weighted by molar-refractivity contribution is 7.91. The van der Waals surface area contributed by atoms with E-state index in [1.54, 1.807) is 0 Å². The monoisotopic (exact) mass is 637 g/mol. The number of hydrogen-bond donors (Lipinski definition) is 0. The molecule has 1 aromatic carbocycles. The molecule has 0 amide bonds. The van der Waals surface area contributed by atoms with Gasteiger partial charge in [-0.25, -0.2) is 32.7 Å². The summed E-state index contributed by atoms with van der Waals surface area (Å²) in [6.45, 7) is 1.37. The number of halogens is 6.